The fourth-order valence-corrected chi connectivity index (χ4v) is 3.98. The Morgan fingerprint density at radius 2 is 2.17 bits per heavy atom. The summed E-state index contributed by atoms with van der Waals surface area (Å²) < 4.78 is 18.7. The summed E-state index contributed by atoms with van der Waals surface area (Å²) in [5.41, 5.74) is 1.32. The molecule has 156 valence electrons. The van der Waals surface area contributed by atoms with E-state index >= 15 is 0 Å². The van der Waals surface area contributed by atoms with Crippen molar-refractivity contribution < 1.29 is 19.0 Å². The van der Waals surface area contributed by atoms with E-state index < -0.39 is 11.7 Å². The first kappa shape index (κ1) is 20.1. The van der Waals surface area contributed by atoms with Crippen LogP contribution in [0.25, 0.3) is 11.2 Å². The number of carbonyl (C=O) groups is 1. The molecule has 10 heteroatoms. The molecule has 4 atom stereocenters. The molecule has 2 fully saturated rings. The number of aromatic nitrogens is 4. The van der Waals surface area contributed by atoms with Gasteiger partial charge in [0.05, 0.1) is 25.1 Å². The van der Waals surface area contributed by atoms with Gasteiger partial charge in [-0.05, 0) is 39.7 Å². The minimum absolute atomic E-state index is 0.0327. The maximum absolute atomic E-state index is 12.1. The Kier molecular flexibility index (Phi) is 5.00. The third kappa shape index (κ3) is 3.94. The van der Waals surface area contributed by atoms with Crippen LogP contribution in [0, 0.1) is 5.92 Å². The summed E-state index contributed by atoms with van der Waals surface area (Å²) in [5.74, 6) is 0.165. The Labute approximate surface area is 173 Å². The second kappa shape index (κ2) is 7.23. The highest BCUT2D eigenvalue weighted by Crippen LogP contribution is 2.44. The molecule has 0 radical (unpaired) electrons. The van der Waals surface area contributed by atoms with Crippen LogP contribution in [0.3, 0.4) is 0 Å². The van der Waals surface area contributed by atoms with Crippen LogP contribution in [0.15, 0.2) is 18.5 Å². The Bertz CT molecular complexity index is 969. The molecular weight excluding hydrogens is 398 g/mol. The van der Waals surface area contributed by atoms with Crippen LogP contribution >= 0.6 is 11.6 Å². The first-order chi connectivity index (χ1) is 13.6. The Morgan fingerprint density at radius 1 is 1.41 bits per heavy atom. The maximum Gasteiger partial charge on any atom is 0.414 e. The smallest absolute Gasteiger partial charge is 0.414 e. The van der Waals surface area contributed by atoms with Gasteiger partial charge in [-0.2, -0.15) is 9.97 Å². The van der Waals surface area contributed by atoms with Crippen LogP contribution in [0.2, 0.25) is 5.15 Å². The van der Waals surface area contributed by atoms with Crippen LogP contribution in [0.5, 0.6) is 0 Å². The van der Waals surface area contributed by atoms with Gasteiger partial charge in [0, 0.05) is 5.92 Å². The van der Waals surface area contributed by atoms with Gasteiger partial charge in [0.15, 0.2) is 17.1 Å². The predicted molar refractivity (Wildman–Crippen MR) is 107 cm³/mol. The van der Waals surface area contributed by atoms with Gasteiger partial charge in [-0.15, -0.1) is 0 Å². The summed E-state index contributed by atoms with van der Waals surface area (Å²) >= 11 is 6.29. The molecular formula is C19H24ClN5O4. The molecule has 1 saturated heterocycles. The van der Waals surface area contributed by atoms with Gasteiger partial charge in [-0.1, -0.05) is 18.2 Å². The fourth-order valence-electron chi connectivity index (χ4n) is 3.76. The van der Waals surface area contributed by atoms with Crippen molar-refractivity contribution >= 4 is 34.8 Å². The van der Waals surface area contributed by atoms with Crippen LogP contribution in [0.1, 0.15) is 40.2 Å². The number of nitrogens with zero attached hydrogens (tertiary/aromatic N) is 4. The largest absolute Gasteiger partial charge is 0.444 e. The van der Waals surface area contributed by atoms with Gasteiger partial charge >= 0.3 is 6.09 Å². The number of halogens is 1. The number of ether oxygens (including phenoxy) is 3. The number of fused-ring (bicyclic) bond motifs is 2. The third-order valence-corrected chi connectivity index (χ3v) is 5.28. The van der Waals surface area contributed by atoms with Crippen LogP contribution in [-0.4, -0.2) is 50.2 Å². The zero-order valence-corrected chi connectivity index (χ0v) is 17.6. The number of hydrogen-bond acceptors (Lipinski definition) is 7. The summed E-state index contributed by atoms with van der Waals surface area (Å²) in [6.07, 6.45) is 1.54. The van der Waals surface area contributed by atoms with Gasteiger partial charge in [-0.3, -0.25) is 5.32 Å². The average molecular weight is 422 g/mol. The van der Waals surface area contributed by atoms with Crippen LogP contribution < -0.4 is 5.32 Å². The van der Waals surface area contributed by atoms with E-state index in [9.17, 15) is 4.79 Å². The zero-order chi connectivity index (χ0) is 20.9. The molecule has 2 aromatic heterocycles. The Hall–Kier alpha value is -2.23. The minimum Gasteiger partial charge on any atom is -0.444 e. The van der Waals surface area contributed by atoms with Gasteiger partial charge in [0.1, 0.15) is 11.1 Å². The SMILES string of the molecule is C=C1[C@@H]2CO[C@@H](C)O[C@H]2C[C@@H]1n1cnc2c(Cl)nc(NC(=O)OC(C)(C)C)nc21. The normalized spacial score (nSPS) is 27.1. The molecule has 0 bridgehead atoms. The lowest BCUT2D eigenvalue weighted by Gasteiger charge is -2.30. The molecule has 1 saturated carbocycles. The summed E-state index contributed by atoms with van der Waals surface area (Å²) in [6.45, 7) is 12.1. The van der Waals surface area contributed by atoms with Gasteiger partial charge in [-0.25, -0.2) is 9.78 Å². The molecule has 0 aromatic carbocycles. The molecule has 2 aromatic rings. The highest BCUT2D eigenvalue weighted by Gasteiger charge is 2.43. The van der Waals surface area contributed by atoms with E-state index in [1.54, 1.807) is 27.1 Å². The number of amides is 1. The van der Waals surface area contributed by atoms with Gasteiger partial charge in [0.2, 0.25) is 5.95 Å². The number of carbonyl (C=O) groups excluding carboxylic acids is 1. The summed E-state index contributed by atoms with van der Waals surface area (Å²) in [5, 5.41) is 2.68. The molecule has 3 heterocycles. The lowest BCUT2D eigenvalue weighted by atomic mass is 10.0. The molecule has 9 nitrogen and oxygen atoms in total. The van der Waals surface area contributed by atoms with Crippen molar-refractivity contribution in [1.29, 1.82) is 0 Å². The lowest BCUT2D eigenvalue weighted by Crippen LogP contribution is -2.35. The number of nitrogens with one attached hydrogen (secondary N) is 1. The van der Waals surface area contributed by atoms with Gasteiger partial charge < -0.3 is 18.8 Å². The van der Waals surface area contributed by atoms with Gasteiger partial charge in [0.25, 0.3) is 0 Å². The number of hydrogen-bond donors (Lipinski definition) is 1. The molecule has 1 aliphatic heterocycles. The molecule has 1 N–H and O–H groups in total. The first-order valence-electron chi connectivity index (χ1n) is 9.48. The summed E-state index contributed by atoms with van der Waals surface area (Å²) in [4.78, 5) is 25.0. The number of anilines is 1. The average Bonchev–Trinajstić information content (AvgIpc) is 3.14. The minimum atomic E-state index is -0.658. The molecule has 1 amide bonds. The molecule has 4 rings (SSSR count). The van der Waals surface area contributed by atoms with Crippen molar-refractivity contribution in [2.45, 2.75) is 58.2 Å². The van der Waals surface area contributed by atoms with E-state index in [2.05, 4.69) is 26.8 Å². The second-order valence-electron chi connectivity index (χ2n) is 8.30. The van der Waals surface area contributed by atoms with E-state index in [1.807, 2.05) is 11.5 Å². The van der Waals surface area contributed by atoms with Crippen LogP contribution in [-0.2, 0) is 14.2 Å². The van der Waals surface area contributed by atoms with Crippen molar-refractivity contribution in [1.82, 2.24) is 19.5 Å². The Morgan fingerprint density at radius 3 is 2.90 bits per heavy atom. The van der Waals surface area contributed by atoms with E-state index in [0.29, 0.717) is 17.8 Å². The molecule has 2 aliphatic rings. The van der Waals surface area contributed by atoms with E-state index in [1.165, 1.54) is 0 Å². The topological polar surface area (TPSA) is 100 Å². The van der Waals surface area contributed by atoms with E-state index in [4.69, 9.17) is 25.8 Å². The lowest BCUT2D eigenvalue weighted by molar-refractivity contribution is -0.215. The highest BCUT2D eigenvalue weighted by molar-refractivity contribution is 6.33. The highest BCUT2D eigenvalue weighted by atomic mass is 35.5. The van der Waals surface area contributed by atoms with Crippen molar-refractivity contribution in [3.63, 3.8) is 0 Å². The summed E-state index contributed by atoms with van der Waals surface area (Å²) in [7, 11) is 0. The standard InChI is InChI=1S/C19H24ClN5O4/c1-9-11-7-27-10(2)28-13(11)6-12(9)25-8-21-14-15(20)22-17(23-16(14)25)24-18(26)29-19(3,4)5/h8,10-13H,1,6-7H2,2-5H3,(H,22,23,24,26)/t10-,11+,12+,13+/m1/s1. The van der Waals surface area contributed by atoms with Crippen molar-refractivity contribution in [3.05, 3.63) is 23.6 Å². The van der Waals surface area contributed by atoms with Crippen molar-refractivity contribution in [2.24, 2.45) is 5.92 Å². The predicted octanol–water partition coefficient (Wildman–Crippen LogP) is 3.71. The van der Waals surface area contributed by atoms with Crippen molar-refractivity contribution in [2.75, 3.05) is 11.9 Å². The molecule has 29 heavy (non-hydrogen) atoms. The van der Waals surface area contributed by atoms with Crippen molar-refractivity contribution in [3.8, 4) is 0 Å². The van der Waals surface area contributed by atoms with Crippen LogP contribution in [0.4, 0.5) is 10.7 Å². The maximum atomic E-state index is 12.1. The molecule has 0 spiro atoms. The van der Waals surface area contributed by atoms with E-state index in [0.717, 1.165) is 12.0 Å². The second-order valence-corrected chi connectivity index (χ2v) is 8.66. The first-order valence-corrected chi connectivity index (χ1v) is 9.86. The number of rotatable bonds is 2. The fraction of sp³-hybridized carbons (Fsp3) is 0.579. The molecule has 0 unspecified atom stereocenters. The zero-order valence-electron chi connectivity index (χ0n) is 16.8. The molecule has 1 aliphatic carbocycles. The monoisotopic (exact) mass is 421 g/mol. The van der Waals surface area contributed by atoms with E-state index in [-0.39, 0.29) is 35.5 Å². The quantitative estimate of drug-likeness (QED) is 0.582. The third-order valence-electron chi connectivity index (χ3n) is 5.01. The Balaban J connectivity index is 1.63. The summed E-state index contributed by atoms with van der Waals surface area (Å²) in [6, 6.07) is -0.0655. The number of imidazole rings is 1.